The van der Waals surface area contributed by atoms with Gasteiger partial charge in [0.05, 0.1) is 6.10 Å². The van der Waals surface area contributed by atoms with Gasteiger partial charge in [-0.2, -0.15) is 0 Å². The van der Waals surface area contributed by atoms with Crippen LogP contribution < -0.4 is 15.8 Å². The van der Waals surface area contributed by atoms with Crippen molar-refractivity contribution in [3.8, 4) is 5.88 Å². The molecule has 0 saturated heterocycles. The Kier molecular flexibility index (Phi) is 5.69. The van der Waals surface area contributed by atoms with Gasteiger partial charge in [-0.05, 0) is 20.3 Å². The topological polar surface area (TPSA) is 73.1 Å². The zero-order valence-electron chi connectivity index (χ0n) is 10.8. The molecular weight excluding hydrogens is 216 g/mol. The van der Waals surface area contributed by atoms with E-state index in [0.29, 0.717) is 12.4 Å². The number of hydrogen-bond donors (Lipinski definition) is 2. The zero-order valence-corrected chi connectivity index (χ0v) is 10.8. The minimum atomic E-state index is 0.110. The van der Waals surface area contributed by atoms with E-state index in [-0.39, 0.29) is 12.1 Å². The summed E-state index contributed by atoms with van der Waals surface area (Å²) in [5.41, 5.74) is 5.69. The van der Waals surface area contributed by atoms with E-state index in [1.165, 1.54) is 6.33 Å². The molecule has 0 radical (unpaired) electrons. The van der Waals surface area contributed by atoms with Crippen LogP contribution in [0.1, 0.15) is 33.6 Å². The van der Waals surface area contributed by atoms with E-state index < -0.39 is 0 Å². The van der Waals surface area contributed by atoms with Crippen LogP contribution in [0.2, 0.25) is 0 Å². The normalized spacial score (nSPS) is 12.5. The first-order valence-electron chi connectivity index (χ1n) is 6.11. The number of hydrogen-bond acceptors (Lipinski definition) is 5. The van der Waals surface area contributed by atoms with Crippen molar-refractivity contribution < 1.29 is 4.74 Å². The Labute approximate surface area is 103 Å². The van der Waals surface area contributed by atoms with Crippen LogP contribution in [0.4, 0.5) is 5.82 Å². The minimum absolute atomic E-state index is 0.110. The van der Waals surface area contributed by atoms with Crippen LogP contribution >= 0.6 is 0 Å². The van der Waals surface area contributed by atoms with Crippen LogP contribution in [0, 0.1) is 0 Å². The molecule has 0 saturated carbocycles. The molecule has 1 atom stereocenters. The Morgan fingerprint density at radius 2 is 2.18 bits per heavy atom. The Morgan fingerprint density at radius 1 is 1.41 bits per heavy atom. The number of rotatable bonds is 7. The van der Waals surface area contributed by atoms with Crippen molar-refractivity contribution in [2.75, 3.05) is 11.9 Å². The zero-order chi connectivity index (χ0) is 12.7. The van der Waals surface area contributed by atoms with E-state index in [2.05, 4.69) is 22.2 Å². The molecule has 0 bridgehead atoms. The van der Waals surface area contributed by atoms with Crippen molar-refractivity contribution in [2.45, 2.75) is 45.8 Å². The molecule has 1 aromatic rings. The van der Waals surface area contributed by atoms with Gasteiger partial charge in [-0.3, -0.25) is 0 Å². The summed E-state index contributed by atoms with van der Waals surface area (Å²) in [6.45, 7) is 6.67. The van der Waals surface area contributed by atoms with E-state index >= 15 is 0 Å². The van der Waals surface area contributed by atoms with Gasteiger partial charge in [-0.25, -0.2) is 9.97 Å². The molecule has 1 unspecified atom stereocenters. The standard InChI is InChI=1S/C12H22N4O/c1-4-5-10(7-13)16-11-6-12(15-8-14-11)17-9(2)3/h6,8-10H,4-5,7,13H2,1-3H3,(H,14,15,16). The van der Waals surface area contributed by atoms with Crippen LogP contribution in [0.3, 0.4) is 0 Å². The van der Waals surface area contributed by atoms with E-state index in [4.69, 9.17) is 10.5 Å². The molecular formula is C12H22N4O. The second-order valence-corrected chi connectivity index (χ2v) is 4.27. The van der Waals surface area contributed by atoms with Crippen molar-refractivity contribution in [2.24, 2.45) is 5.73 Å². The van der Waals surface area contributed by atoms with Crippen molar-refractivity contribution in [1.29, 1.82) is 0 Å². The second kappa shape index (κ2) is 7.06. The smallest absolute Gasteiger partial charge is 0.218 e. The highest BCUT2D eigenvalue weighted by Crippen LogP contribution is 2.14. The lowest BCUT2D eigenvalue weighted by atomic mass is 10.2. The number of nitrogens with one attached hydrogen (secondary N) is 1. The van der Waals surface area contributed by atoms with Crippen molar-refractivity contribution in [3.63, 3.8) is 0 Å². The number of nitrogens with two attached hydrogens (primary N) is 1. The molecule has 0 aliphatic rings. The van der Waals surface area contributed by atoms with E-state index in [0.717, 1.165) is 18.7 Å². The number of nitrogens with zero attached hydrogens (tertiary/aromatic N) is 2. The maximum atomic E-state index is 5.69. The molecule has 5 nitrogen and oxygen atoms in total. The molecule has 1 heterocycles. The molecule has 96 valence electrons. The van der Waals surface area contributed by atoms with E-state index in [9.17, 15) is 0 Å². The summed E-state index contributed by atoms with van der Waals surface area (Å²) in [6.07, 6.45) is 3.73. The molecule has 3 N–H and O–H groups in total. The lowest BCUT2D eigenvalue weighted by molar-refractivity contribution is 0.232. The van der Waals surface area contributed by atoms with Crippen LogP contribution in [0.15, 0.2) is 12.4 Å². The molecule has 5 heteroatoms. The average molecular weight is 238 g/mol. The predicted molar refractivity (Wildman–Crippen MR) is 69.2 cm³/mol. The summed E-state index contributed by atoms with van der Waals surface area (Å²) >= 11 is 0. The summed E-state index contributed by atoms with van der Waals surface area (Å²) in [5, 5.41) is 3.29. The average Bonchev–Trinajstić information content (AvgIpc) is 2.28. The summed E-state index contributed by atoms with van der Waals surface area (Å²) in [7, 11) is 0. The maximum absolute atomic E-state index is 5.69. The third-order valence-corrected chi connectivity index (χ3v) is 2.27. The second-order valence-electron chi connectivity index (χ2n) is 4.27. The Hall–Kier alpha value is -1.36. The summed E-state index contributed by atoms with van der Waals surface area (Å²) in [4.78, 5) is 8.21. The fourth-order valence-electron chi connectivity index (χ4n) is 1.53. The van der Waals surface area contributed by atoms with Crippen LogP contribution in [0.5, 0.6) is 5.88 Å². The van der Waals surface area contributed by atoms with Gasteiger partial charge in [-0.1, -0.05) is 13.3 Å². The minimum Gasteiger partial charge on any atom is -0.475 e. The fourth-order valence-corrected chi connectivity index (χ4v) is 1.53. The summed E-state index contributed by atoms with van der Waals surface area (Å²) in [5.74, 6) is 1.35. The first kappa shape index (κ1) is 13.7. The lowest BCUT2D eigenvalue weighted by Gasteiger charge is -2.17. The van der Waals surface area contributed by atoms with E-state index in [1.54, 1.807) is 6.07 Å². The number of anilines is 1. The van der Waals surface area contributed by atoms with Crippen molar-refractivity contribution in [1.82, 2.24) is 9.97 Å². The summed E-state index contributed by atoms with van der Waals surface area (Å²) < 4.78 is 5.51. The van der Waals surface area contributed by atoms with Crippen molar-refractivity contribution in [3.05, 3.63) is 12.4 Å². The Balaban J connectivity index is 2.63. The highest BCUT2D eigenvalue weighted by molar-refractivity contribution is 5.38. The van der Waals surface area contributed by atoms with E-state index in [1.807, 2.05) is 13.8 Å². The lowest BCUT2D eigenvalue weighted by Crippen LogP contribution is -2.29. The van der Waals surface area contributed by atoms with Gasteiger partial charge in [-0.15, -0.1) is 0 Å². The molecule has 0 amide bonds. The first-order chi connectivity index (χ1) is 8.15. The SMILES string of the molecule is CCCC(CN)Nc1cc(OC(C)C)ncn1. The van der Waals surface area contributed by atoms with Gasteiger partial charge in [0.1, 0.15) is 12.1 Å². The quantitative estimate of drug-likeness (QED) is 0.757. The molecule has 0 aliphatic carbocycles. The maximum Gasteiger partial charge on any atom is 0.218 e. The third-order valence-electron chi connectivity index (χ3n) is 2.27. The van der Waals surface area contributed by atoms with Gasteiger partial charge in [0.2, 0.25) is 5.88 Å². The third kappa shape index (κ3) is 4.99. The molecule has 1 rings (SSSR count). The number of aromatic nitrogens is 2. The Morgan fingerprint density at radius 3 is 2.76 bits per heavy atom. The van der Waals surface area contributed by atoms with Crippen LogP contribution in [0.25, 0.3) is 0 Å². The highest BCUT2D eigenvalue weighted by Gasteiger charge is 2.07. The monoisotopic (exact) mass is 238 g/mol. The van der Waals surface area contributed by atoms with Gasteiger partial charge in [0.25, 0.3) is 0 Å². The molecule has 1 aromatic heterocycles. The van der Waals surface area contributed by atoms with Gasteiger partial charge in [0, 0.05) is 18.7 Å². The molecule has 0 aliphatic heterocycles. The van der Waals surface area contributed by atoms with Gasteiger partial charge in [0.15, 0.2) is 0 Å². The molecule has 0 spiro atoms. The molecule has 0 aromatic carbocycles. The number of ether oxygens (including phenoxy) is 1. The summed E-state index contributed by atoms with van der Waals surface area (Å²) in [6, 6.07) is 2.06. The van der Waals surface area contributed by atoms with Gasteiger partial charge >= 0.3 is 0 Å². The first-order valence-corrected chi connectivity index (χ1v) is 6.11. The van der Waals surface area contributed by atoms with Crippen LogP contribution in [-0.2, 0) is 0 Å². The van der Waals surface area contributed by atoms with Crippen LogP contribution in [-0.4, -0.2) is 28.7 Å². The highest BCUT2D eigenvalue weighted by atomic mass is 16.5. The van der Waals surface area contributed by atoms with Gasteiger partial charge < -0.3 is 15.8 Å². The largest absolute Gasteiger partial charge is 0.475 e. The Bertz CT molecular complexity index is 330. The molecule has 17 heavy (non-hydrogen) atoms. The van der Waals surface area contributed by atoms with Crippen molar-refractivity contribution >= 4 is 5.82 Å². The predicted octanol–water partition coefficient (Wildman–Crippen LogP) is 1.80. The molecule has 0 fully saturated rings. The fraction of sp³-hybridized carbons (Fsp3) is 0.667.